The summed E-state index contributed by atoms with van der Waals surface area (Å²) in [5.74, 6) is 0.732. The first-order chi connectivity index (χ1) is 7.25. The van der Waals surface area contributed by atoms with E-state index in [1.807, 2.05) is 55.2 Å². The standard InChI is InChI=1S/C11H12N4/c1-9-3-5-10(6-4-9)13-14-11-12-7-8-15(11)2/h3-8H,1-2H3/p+1. The molecule has 0 atom stereocenters. The van der Waals surface area contributed by atoms with Crippen molar-refractivity contribution < 1.29 is 4.57 Å². The zero-order valence-corrected chi connectivity index (χ0v) is 8.81. The number of imidazole rings is 1. The molecule has 4 heteroatoms. The number of hydrogen-bond donors (Lipinski definition) is 1. The van der Waals surface area contributed by atoms with Gasteiger partial charge in [0.05, 0.1) is 19.4 Å². The summed E-state index contributed by atoms with van der Waals surface area (Å²) in [6, 6.07) is 7.93. The fourth-order valence-corrected chi connectivity index (χ4v) is 1.21. The number of rotatable bonds is 2. The molecule has 76 valence electrons. The summed E-state index contributed by atoms with van der Waals surface area (Å²) in [6.45, 7) is 2.05. The zero-order valence-electron chi connectivity index (χ0n) is 8.81. The quantitative estimate of drug-likeness (QED) is 0.573. The maximum atomic E-state index is 4.12. The van der Waals surface area contributed by atoms with Crippen LogP contribution in [0.4, 0.5) is 11.6 Å². The average molecular weight is 201 g/mol. The summed E-state index contributed by atoms with van der Waals surface area (Å²) < 4.78 is 1.87. The van der Waals surface area contributed by atoms with E-state index in [9.17, 15) is 0 Å². The molecule has 0 aliphatic heterocycles. The van der Waals surface area contributed by atoms with Crippen molar-refractivity contribution in [3.05, 3.63) is 42.2 Å². The summed E-state index contributed by atoms with van der Waals surface area (Å²) in [5, 5.41) is 8.22. The molecule has 0 spiro atoms. The Morgan fingerprint density at radius 1 is 1.13 bits per heavy atom. The molecule has 0 radical (unpaired) electrons. The minimum Gasteiger partial charge on any atom is -0.244 e. The van der Waals surface area contributed by atoms with E-state index in [4.69, 9.17) is 0 Å². The van der Waals surface area contributed by atoms with Gasteiger partial charge >= 0.3 is 5.95 Å². The van der Waals surface area contributed by atoms with Crippen LogP contribution in [0.2, 0.25) is 0 Å². The number of H-pyrrole nitrogens is 1. The van der Waals surface area contributed by atoms with Gasteiger partial charge in [0, 0.05) is 5.11 Å². The van der Waals surface area contributed by atoms with E-state index in [0.717, 1.165) is 11.6 Å². The molecule has 0 saturated heterocycles. The lowest BCUT2D eigenvalue weighted by Crippen LogP contribution is -2.24. The highest BCUT2D eigenvalue weighted by Crippen LogP contribution is 2.14. The molecular weight excluding hydrogens is 188 g/mol. The molecule has 0 saturated carbocycles. The summed E-state index contributed by atoms with van der Waals surface area (Å²) >= 11 is 0. The molecule has 1 N–H and O–H groups in total. The lowest BCUT2D eigenvalue weighted by Gasteiger charge is -1.90. The van der Waals surface area contributed by atoms with Crippen LogP contribution in [0.25, 0.3) is 0 Å². The Labute approximate surface area is 88.3 Å². The fraction of sp³-hybridized carbons (Fsp3) is 0.182. The van der Waals surface area contributed by atoms with Crippen LogP contribution in [0.5, 0.6) is 0 Å². The highest BCUT2D eigenvalue weighted by molar-refractivity contribution is 5.38. The molecule has 1 aromatic heterocycles. The van der Waals surface area contributed by atoms with E-state index in [1.165, 1.54) is 5.56 Å². The fourth-order valence-electron chi connectivity index (χ4n) is 1.21. The Balaban J connectivity index is 2.19. The first-order valence-corrected chi connectivity index (χ1v) is 4.77. The van der Waals surface area contributed by atoms with Gasteiger partial charge in [0.25, 0.3) is 0 Å². The molecule has 0 bridgehead atoms. The summed E-state index contributed by atoms with van der Waals surface area (Å²) in [4.78, 5) is 2.99. The molecule has 2 aromatic rings. The predicted octanol–water partition coefficient (Wildman–Crippen LogP) is 2.56. The molecule has 2 rings (SSSR count). The third kappa shape index (κ3) is 2.28. The molecule has 0 fully saturated rings. The van der Waals surface area contributed by atoms with E-state index in [1.54, 1.807) is 0 Å². The average Bonchev–Trinajstić information content (AvgIpc) is 2.63. The zero-order chi connectivity index (χ0) is 10.7. The van der Waals surface area contributed by atoms with Crippen LogP contribution in [0, 0.1) is 6.92 Å². The molecule has 1 aromatic carbocycles. The lowest BCUT2D eigenvalue weighted by molar-refractivity contribution is -0.657. The van der Waals surface area contributed by atoms with Crippen molar-refractivity contribution >= 4 is 11.6 Å². The van der Waals surface area contributed by atoms with Crippen molar-refractivity contribution in [3.8, 4) is 0 Å². The maximum absolute atomic E-state index is 4.12. The second kappa shape index (κ2) is 4.04. The van der Waals surface area contributed by atoms with Crippen LogP contribution in [0.15, 0.2) is 46.9 Å². The number of nitrogens with zero attached hydrogens (tertiary/aromatic N) is 3. The number of hydrogen-bond acceptors (Lipinski definition) is 2. The number of benzene rings is 1. The SMILES string of the molecule is Cc1ccc(N=Nc2[nH]cc[n+]2C)cc1. The predicted molar refractivity (Wildman–Crippen MR) is 57.3 cm³/mol. The second-order valence-electron chi connectivity index (χ2n) is 3.43. The Bertz CT molecular complexity index is 468. The van der Waals surface area contributed by atoms with Crippen molar-refractivity contribution in [3.63, 3.8) is 0 Å². The Morgan fingerprint density at radius 3 is 2.47 bits per heavy atom. The summed E-state index contributed by atoms with van der Waals surface area (Å²) in [5.41, 5.74) is 2.08. The Kier molecular flexibility index (Phi) is 2.58. The van der Waals surface area contributed by atoms with Crippen LogP contribution in [-0.2, 0) is 7.05 Å². The highest BCUT2D eigenvalue weighted by Gasteiger charge is 2.04. The van der Waals surface area contributed by atoms with Crippen LogP contribution in [0.3, 0.4) is 0 Å². The monoisotopic (exact) mass is 201 g/mol. The van der Waals surface area contributed by atoms with Crippen LogP contribution < -0.4 is 4.57 Å². The van der Waals surface area contributed by atoms with Crippen molar-refractivity contribution in [2.45, 2.75) is 6.92 Å². The number of nitrogens with one attached hydrogen (secondary N) is 1. The number of aryl methyl sites for hydroxylation is 2. The smallest absolute Gasteiger partial charge is 0.244 e. The Morgan fingerprint density at radius 2 is 1.87 bits per heavy atom. The first kappa shape index (κ1) is 9.58. The third-order valence-corrected chi connectivity index (χ3v) is 2.14. The van der Waals surface area contributed by atoms with E-state index >= 15 is 0 Å². The molecular formula is C11H13N4+. The van der Waals surface area contributed by atoms with E-state index in [0.29, 0.717) is 0 Å². The minimum absolute atomic E-state index is 0.732. The van der Waals surface area contributed by atoms with E-state index < -0.39 is 0 Å². The highest BCUT2D eigenvalue weighted by atomic mass is 15.2. The van der Waals surface area contributed by atoms with Crippen molar-refractivity contribution in [1.29, 1.82) is 0 Å². The Hall–Kier alpha value is -1.97. The second-order valence-corrected chi connectivity index (χ2v) is 3.43. The van der Waals surface area contributed by atoms with Gasteiger partial charge in [-0.05, 0) is 19.1 Å². The molecule has 0 unspecified atom stereocenters. The minimum atomic E-state index is 0.732. The number of aromatic nitrogens is 2. The van der Waals surface area contributed by atoms with Gasteiger partial charge in [-0.1, -0.05) is 22.8 Å². The van der Waals surface area contributed by atoms with Gasteiger partial charge in [0.2, 0.25) is 0 Å². The van der Waals surface area contributed by atoms with Gasteiger partial charge in [-0.25, -0.2) is 9.55 Å². The largest absolute Gasteiger partial charge is 0.418 e. The van der Waals surface area contributed by atoms with Gasteiger partial charge in [-0.2, -0.15) is 0 Å². The van der Waals surface area contributed by atoms with Crippen molar-refractivity contribution in [2.75, 3.05) is 0 Å². The van der Waals surface area contributed by atoms with E-state index in [-0.39, 0.29) is 0 Å². The van der Waals surface area contributed by atoms with Gasteiger partial charge in [0.1, 0.15) is 5.69 Å². The van der Waals surface area contributed by atoms with Gasteiger partial charge in [0.15, 0.2) is 0 Å². The summed E-state index contributed by atoms with van der Waals surface area (Å²) in [6.07, 6.45) is 3.72. The normalized spacial score (nSPS) is 11.1. The van der Waals surface area contributed by atoms with Crippen LogP contribution >= 0.6 is 0 Å². The third-order valence-electron chi connectivity index (χ3n) is 2.14. The number of azo groups is 1. The van der Waals surface area contributed by atoms with Gasteiger partial charge < -0.3 is 0 Å². The molecule has 1 heterocycles. The first-order valence-electron chi connectivity index (χ1n) is 4.77. The molecule has 4 nitrogen and oxygen atoms in total. The maximum Gasteiger partial charge on any atom is 0.418 e. The van der Waals surface area contributed by atoms with E-state index in [2.05, 4.69) is 15.2 Å². The van der Waals surface area contributed by atoms with Crippen molar-refractivity contribution in [2.24, 2.45) is 17.3 Å². The van der Waals surface area contributed by atoms with Crippen molar-refractivity contribution in [1.82, 2.24) is 4.98 Å². The van der Waals surface area contributed by atoms with Crippen LogP contribution in [-0.4, -0.2) is 4.98 Å². The topological polar surface area (TPSA) is 44.4 Å². The summed E-state index contributed by atoms with van der Waals surface area (Å²) in [7, 11) is 1.92. The lowest BCUT2D eigenvalue weighted by atomic mass is 10.2. The molecule has 0 aliphatic rings. The number of aromatic amines is 1. The van der Waals surface area contributed by atoms with Crippen LogP contribution in [0.1, 0.15) is 5.56 Å². The van der Waals surface area contributed by atoms with Gasteiger partial charge in [-0.3, -0.25) is 0 Å². The molecule has 15 heavy (non-hydrogen) atoms. The van der Waals surface area contributed by atoms with Gasteiger partial charge in [-0.15, -0.1) is 0 Å². The molecule has 0 aliphatic carbocycles. The molecule has 0 amide bonds.